The van der Waals surface area contributed by atoms with E-state index >= 15 is 0 Å². The Labute approximate surface area is 235 Å². The number of nitrogens with two attached hydrogens (primary N) is 4. The summed E-state index contributed by atoms with van der Waals surface area (Å²) in [6.45, 7) is 1.81. The summed E-state index contributed by atoms with van der Waals surface area (Å²) >= 11 is 0. The second-order valence-corrected chi connectivity index (χ2v) is 8.94. The predicted octanol–water partition coefficient (Wildman–Crippen LogP) is 1.66. The van der Waals surface area contributed by atoms with E-state index in [-0.39, 0.29) is 41.1 Å². The maximum absolute atomic E-state index is 13.1. The molecule has 2 unspecified atom stereocenters. The number of ether oxygens (including phenoxy) is 3. The van der Waals surface area contributed by atoms with Crippen molar-refractivity contribution in [2.24, 2.45) is 32.9 Å². The number of para-hydroxylation sites is 2. The Balaban J connectivity index is 1.81. The van der Waals surface area contributed by atoms with E-state index in [1.807, 2.05) is 0 Å². The molecule has 1 aliphatic rings. The zero-order valence-electron chi connectivity index (χ0n) is 22.5. The van der Waals surface area contributed by atoms with Crippen molar-refractivity contribution < 1.29 is 19.0 Å². The van der Waals surface area contributed by atoms with E-state index < -0.39 is 18.1 Å². The summed E-state index contributed by atoms with van der Waals surface area (Å²) in [5.41, 5.74) is 23.7. The SMILES string of the molecule is CCC(N=C(N)N)C1Oc2nc(Oc3ccccc3N=C(N)N)nc(Oc3ccc(C#N)c(N(C)C)c3)c2NC1=O. The number of fused-ring (bicyclic) bond motifs is 1. The number of nitrogens with one attached hydrogen (secondary N) is 1. The molecule has 2 aromatic carbocycles. The molecule has 41 heavy (non-hydrogen) atoms. The van der Waals surface area contributed by atoms with Crippen LogP contribution >= 0.6 is 0 Å². The first-order valence-electron chi connectivity index (χ1n) is 12.3. The molecular formula is C26H29N11O4. The normalized spacial score (nSPS) is 14.3. The summed E-state index contributed by atoms with van der Waals surface area (Å²) in [5, 5.41) is 12.2. The molecule has 0 aliphatic carbocycles. The van der Waals surface area contributed by atoms with Gasteiger partial charge in [-0.3, -0.25) is 4.79 Å². The van der Waals surface area contributed by atoms with Crippen molar-refractivity contribution in [1.29, 1.82) is 5.26 Å². The zero-order chi connectivity index (χ0) is 29.7. The molecule has 1 amide bonds. The first-order chi connectivity index (χ1) is 19.6. The Morgan fingerprint density at radius 2 is 1.90 bits per heavy atom. The minimum Gasteiger partial charge on any atom is -0.460 e. The highest BCUT2D eigenvalue weighted by molar-refractivity contribution is 5.99. The lowest BCUT2D eigenvalue weighted by molar-refractivity contribution is -0.124. The average molecular weight is 560 g/mol. The Kier molecular flexibility index (Phi) is 8.23. The number of nitriles is 1. The van der Waals surface area contributed by atoms with Crippen LogP contribution in [0.1, 0.15) is 18.9 Å². The van der Waals surface area contributed by atoms with E-state index in [9.17, 15) is 10.1 Å². The number of carbonyl (C=O) groups excluding carboxylic acids is 1. The molecule has 0 fully saturated rings. The van der Waals surface area contributed by atoms with Crippen molar-refractivity contribution >= 4 is 34.9 Å². The summed E-state index contributed by atoms with van der Waals surface area (Å²) in [6, 6.07) is 12.8. The maximum atomic E-state index is 13.1. The number of amides is 1. The number of anilines is 2. The van der Waals surface area contributed by atoms with Crippen LogP contribution in [0, 0.1) is 11.3 Å². The van der Waals surface area contributed by atoms with Gasteiger partial charge in [-0.2, -0.15) is 15.2 Å². The molecule has 4 rings (SSSR count). The lowest BCUT2D eigenvalue weighted by Crippen LogP contribution is -2.46. The molecule has 0 saturated carbocycles. The van der Waals surface area contributed by atoms with Gasteiger partial charge in [-0.25, -0.2) is 9.98 Å². The van der Waals surface area contributed by atoms with E-state index in [0.29, 0.717) is 29.1 Å². The van der Waals surface area contributed by atoms with Crippen LogP contribution in [0.2, 0.25) is 0 Å². The summed E-state index contributed by atoms with van der Waals surface area (Å²) in [4.78, 5) is 31.8. The number of aromatic nitrogens is 2. The van der Waals surface area contributed by atoms with Crippen molar-refractivity contribution in [3.8, 4) is 35.3 Å². The molecule has 0 bridgehead atoms. The van der Waals surface area contributed by atoms with Crippen molar-refractivity contribution in [2.75, 3.05) is 24.3 Å². The van der Waals surface area contributed by atoms with Gasteiger partial charge >= 0.3 is 6.01 Å². The third kappa shape index (κ3) is 6.45. The van der Waals surface area contributed by atoms with Crippen LogP contribution in [0.5, 0.6) is 29.3 Å². The van der Waals surface area contributed by atoms with Crippen LogP contribution in [0.3, 0.4) is 0 Å². The fourth-order valence-electron chi connectivity index (χ4n) is 3.92. The largest absolute Gasteiger partial charge is 0.460 e. The van der Waals surface area contributed by atoms with Crippen LogP contribution in [0.15, 0.2) is 52.4 Å². The number of carbonyl (C=O) groups is 1. The summed E-state index contributed by atoms with van der Waals surface area (Å²) in [7, 11) is 3.59. The predicted molar refractivity (Wildman–Crippen MR) is 153 cm³/mol. The van der Waals surface area contributed by atoms with Gasteiger partial charge in [0, 0.05) is 20.2 Å². The Morgan fingerprint density at radius 3 is 2.56 bits per heavy atom. The van der Waals surface area contributed by atoms with Gasteiger partial charge in [0.25, 0.3) is 11.8 Å². The molecule has 2 atom stereocenters. The summed E-state index contributed by atoms with van der Waals surface area (Å²) in [6.07, 6.45) is -0.706. The van der Waals surface area contributed by atoms with Gasteiger partial charge in [-0.15, -0.1) is 0 Å². The van der Waals surface area contributed by atoms with Gasteiger partial charge in [0.15, 0.2) is 23.4 Å². The minimum atomic E-state index is -1.10. The number of aliphatic imine (C=N–C) groups is 2. The maximum Gasteiger partial charge on any atom is 0.328 e. The van der Waals surface area contributed by atoms with E-state index in [1.165, 1.54) is 0 Å². The number of benzene rings is 2. The molecule has 0 spiro atoms. The molecule has 0 radical (unpaired) electrons. The Bertz CT molecular complexity index is 1560. The monoisotopic (exact) mass is 559 g/mol. The topological polar surface area (TPSA) is 238 Å². The van der Waals surface area contributed by atoms with E-state index in [4.69, 9.17) is 37.1 Å². The lowest BCUT2D eigenvalue weighted by Gasteiger charge is -2.29. The van der Waals surface area contributed by atoms with Gasteiger partial charge in [-0.05, 0) is 30.7 Å². The lowest BCUT2D eigenvalue weighted by atomic mass is 10.1. The van der Waals surface area contributed by atoms with E-state index in [1.54, 1.807) is 68.4 Å². The first kappa shape index (κ1) is 28.2. The zero-order valence-corrected chi connectivity index (χ0v) is 22.5. The smallest absolute Gasteiger partial charge is 0.328 e. The third-order valence-electron chi connectivity index (χ3n) is 5.75. The van der Waals surface area contributed by atoms with Gasteiger partial charge in [0.1, 0.15) is 17.5 Å². The molecular weight excluding hydrogens is 530 g/mol. The minimum absolute atomic E-state index is 0.0420. The van der Waals surface area contributed by atoms with Crippen molar-refractivity contribution in [1.82, 2.24) is 9.97 Å². The van der Waals surface area contributed by atoms with Crippen molar-refractivity contribution in [2.45, 2.75) is 25.5 Å². The molecule has 212 valence electrons. The van der Waals surface area contributed by atoms with Crippen LogP contribution in [-0.4, -0.2) is 54.0 Å². The number of nitrogens with zero attached hydrogens (tertiary/aromatic N) is 6. The first-order valence-corrected chi connectivity index (χ1v) is 12.3. The van der Waals surface area contributed by atoms with Crippen molar-refractivity contribution in [3.05, 3.63) is 48.0 Å². The van der Waals surface area contributed by atoms with E-state index in [0.717, 1.165) is 0 Å². The highest BCUT2D eigenvalue weighted by Crippen LogP contribution is 2.42. The molecule has 15 nitrogen and oxygen atoms in total. The second-order valence-electron chi connectivity index (χ2n) is 8.94. The fraction of sp³-hybridized carbons (Fsp3) is 0.231. The molecule has 1 aromatic heterocycles. The Morgan fingerprint density at radius 1 is 1.15 bits per heavy atom. The summed E-state index contributed by atoms with van der Waals surface area (Å²) in [5.74, 6) is -0.451. The fourth-order valence-corrected chi connectivity index (χ4v) is 3.92. The van der Waals surface area contributed by atoms with Gasteiger partial charge in [0.2, 0.25) is 12.0 Å². The molecule has 1 aliphatic heterocycles. The van der Waals surface area contributed by atoms with Crippen LogP contribution < -0.4 is 47.4 Å². The standard InChI is InChI=1S/C26H29N11O4/c1-4-15(32-24(28)29)20-21(38)34-19-22(39-14-10-9-13(12-27)17(11-14)37(2)3)35-26(36-23(19)41-20)40-18-8-6-5-7-16(18)33-25(30)31/h5-11,15,20H,4H2,1-3H3,(H,34,38)(H4,28,29,32)(H4,30,31,33). The highest BCUT2D eigenvalue weighted by Gasteiger charge is 2.37. The average Bonchev–Trinajstić information content (AvgIpc) is 2.92. The van der Waals surface area contributed by atoms with Gasteiger partial charge in [0.05, 0.1) is 17.3 Å². The molecule has 3 aromatic rings. The second kappa shape index (κ2) is 11.9. The number of rotatable bonds is 9. The number of hydrogen-bond acceptors (Lipinski definition) is 10. The Hall–Kier alpha value is -5.78. The molecule has 9 N–H and O–H groups in total. The molecule has 2 heterocycles. The molecule has 0 saturated heterocycles. The van der Waals surface area contributed by atoms with Crippen molar-refractivity contribution in [3.63, 3.8) is 0 Å². The van der Waals surface area contributed by atoms with Gasteiger partial charge < -0.3 is 47.4 Å². The summed E-state index contributed by atoms with van der Waals surface area (Å²) < 4.78 is 18.0. The van der Waals surface area contributed by atoms with Crippen LogP contribution in [0.25, 0.3) is 0 Å². The molecule has 15 heteroatoms. The highest BCUT2D eigenvalue weighted by atomic mass is 16.5. The van der Waals surface area contributed by atoms with E-state index in [2.05, 4.69) is 31.3 Å². The third-order valence-corrected chi connectivity index (χ3v) is 5.75. The number of hydrogen-bond donors (Lipinski definition) is 5. The quantitative estimate of drug-likeness (QED) is 0.186. The van der Waals surface area contributed by atoms with Gasteiger partial charge in [-0.1, -0.05) is 19.1 Å². The van der Waals surface area contributed by atoms with Crippen LogP contribution in [0.4, 0.5) is 17.1 Å². The van der Waals surface area contributed by atoms with Crippen LogP contribution in [-0.2, 0) is 4.79 Å². The number of guanidine groups is 2.